The molecule has 6 heteroatoms. The third-order valence-electron chi connectivity index (χ3n) is 2.12. The molecule has 0 aliphatic carbocycles. The maximum absolute atomic E-state index is 11.3. The van der Waals surface area contributed by atoms with Gasteiger partial charge in [0.05, 0.1) is 0 Å². The van der Waals surface area contributed by atoms with Gasteiger partial charge < -0.3 is 15.3 Å². The van der Waals surface area contributed by atoms with Crippen LogP contribution in [0.1, 0.15) is 18.1 Å². The Bertz CT molecular complexity index is 483. The summed E-state index contributed by atoms with van der Waals surface area (Å²) < 4.78 is 4.89. The zero-order valence-corrected chi connectivity index (χ0v) is 10.2. The molecule has 18 heavy (non-hydrogen) atoms. The van der Waals surface area contributed by atoms with E-state index in [-0.39, 0.29) is 12.3 Å². The molecule has 1 aromatic rings. The van der Waals surface area contributed by atoms with Crippen molar-refractivity contribution in [1.29, 1.82) is 0 Å². The molecule has 0 spiro atoms. The summed E-state index contributed by atoms with van der Waals surface area (Å²) in [5.41, 5.74) is 6.32. The lowest BCUT2D eigenvalue weighted by Gasteiger charge is -2.09. The molecule has 0 aliphatic rings. The van der Waals surface area contributed by atoms with Crippen molar-refractivity contribution < 1.29 is 19.2 Å². The van der Waals surface area contributed by atoms with E-state index in [1.165, 1.54) is 14.0 Å². The van der Waals surface area contributed by atoms with E-state index in [2.05, 4.69) is 9.99 Å². The summed E-state index contributed by atoms with van der Waals surface area (Å²) in [4.78, 5) is 26.7. The fraction of sp³-hybridized carbons (Fsp3) is 0.250. The summed E-state index contributed by atoms with van der Waals surface area (Å²) >= 11 is 0. The Morgan fingerprint density at radius 3 is 2.56 bits per heavy atom. The summed E-state index contributed by atoms with van der Waals surface area (Å²) in [6.45, 7) is 1.35. The van der Waals surface area contributed by atoms with E-state index in [1.54, 1.807) is 24.3 Å². The number of benzene rings is 1. The first-order valence-electron chi connectivity index (χ1n) is 5.19. The lowest BCUT2D eigenvalue weighted by atomic mass is 10.0. The Balaban J connectivity index is 3.10. The topological polar surface area (TPSA) is 91.0 Å². The number of carbonyl (C=O) groups excluding carboxylic acids is 2. The normalized spacial score (nSPS) is 10.9. The van der Waals surface area contributed by atoms with Crippen LogP contribution in [0.15, 0.2) is 29.4 Å². The largest absolute Gasteiger partial charge is 0.461 e. The van der Waals surface area contributed by atoms with Gasteiger partial charge in [0.1, 0.15) is 13.7 Å². The summed E-state index contributed by atoms with van der Waals surface area (Å²) in [6.07, 6.45) is 0. The first-order chi connectivity index (χ1) is 8.56. The van der Waals surface area contributed by atoms with Crippen LogP contribution in [0, 0.1) is 0 Å². The minimum Gasteiger partial charge on any atom is -0.461 e. The van der Waals surface area contributed by atoms with Crippen molar-refractivity contribution in [3.8, 4) is 0 Å². The molecule has 0 fully saturated rings. The average molecular weight is 250 g/mol. The first kappa shape index (κ1) is 13.7. The number of ether oxygens (including phenoxy) is 1. The second-order valence-corrected chi connectivity index (χ2v) is 3.42. The van der Waals surface area contributed by atoms with Crippen LogP contribution in [0.4, 0.5) is 0 Å². The van der Waals surface area contributed by atoms with Crippen molar-refractivity contribution >= 4 is 17.6 Å². The molecule has 1 rings (SSSR count). The van der Waals surface area contributed by atoms with Crippen LogP contribution in [0.25, 0.3) is 0 Å². The maximum atomic E-state index is 11.3. The summed E-state index contributed by atoms with van der Waals surface area (Å²) in [5, 5.41) is 3.58. The predicted molar refractivity (Wildman–Crippen MR) is 64.7 cm³/mol. The smallest absolute Gasteiger partial charge is 0.302 e. The quantitative estimate of drug-likeness (QED) is 0.470. The average Bonchev–Trinajstić information content (AvgIpc) is 2.33. The first-order valence-corrected chi connectivity index (χ1v) is 5.19. The van der Waals surface area contributed by atoms with E-state index in [4.69, 9.17) is 10.5 Å². The number of carbonyl (C=O) groups is 2. The second kappa shape index (κ2) is 6.39. The number of hydrogen-bond acceptors (Lipinski definition) is 5. The summed E-state index contributed by atoms with van der Waals surface area (Å²) in [7, 11) is 1.32. The summed E-state index contributed by atoms with van der Waals surface area (Å²) in [5.74, 6) is -1.12. The van der Waals surface area contributed by atoms with Crippen molar-refractivity contribution in [2.45, 2.75) is 13.5 Å². The Morgan fingerprint density at radius 1 is 1.33 bits per heavy atom. The highest BCUT2D eigenvalue weighted by Crippen LogP contribution is 2.12. The minimum atomic E-state index is -0.716. The lowest BCUT2D eigenvalue weighted by Crippen LogP contribution is -2.25. The molecule has 6 nitrogen and oxygen atoms in total. The molecular weight excluding hydrogens is 236 g/mol. The number of esters is 1. The lowest BCUT2D eigenvalue weighted by molar-refractivity contribution is -0.142. The van der Waals surface area contributed by atoms with Gasteiger partial charge in [0.15, 0.2) is 5.71 Å². The van der Waals surface area contributed by atoms with E-state index in [1.807, 2.05) is 0 Å². The fourth-order valence-corrected chi connectivity index (χ4v) is 1.37. The highest BCUT2D eigenvalue weighted by atomic mass is 16.6. The van der Waals surface area contributed by atoms with Crippen LogP contribution < -0.4 is 5.73 Å². The van der Waals surface area contributed by atoms with Crippen LogP contribution in [-0.4, -0.2) is 24.7 Å². The third kappa shape index (κ3) is 3.58. The van der Waals surface area contributed by atoms with Gasteiger partial charge in [-0.15, -0.1) is 0 Å². The Kier molecular flexibility index (Phi) is 4.86. The monoisotopic (exact) mass is 250 g/mol. The van der Waals surface area contributed by atoms with E-state index < -0.39 is 11.9 Å². The highest BCUT2D eigenvalue weighted by molar-refractivity contribution is 6.45. The molecule has 0 bridgehead atoms. The fourth-order valence-electron chi connectivity index (χ4n) is 1.37. The Hall–Kier alpha value is -2.37. The molecule has 0 heterocycles. The Labute approximate surface area is 104 Å². The summed E-state index contributed by atoms with van der Waals surface area (Å²) in [6, 6.07) is 6.85. The van der Waals surface area contributed by atoms with Gasteiger partial charge in [-0.1, -0.05) is 29.4 Å². The van der Waals surface area contributed by atoms with Gasteiger partial charge in [0, 0.05) is 12.5 Å². The van der Waals surface area contributed by atoms with Gasteiger partial charge in [0.25, 0.3) is 5.91 Å². The second-order valence-electron chi connectivity index (χ2n) is 3.42. The molecule has 96 valence electrons. The molecule has 0 radical (unpaired) electrons. The molecule has 1 aromatic carbocycles. The van der Waals surface area contributed by atoms with Gasteiger partial charge in [-0.3, -0.25) is 9.59 Å². The number of oxime groups is 1. The molecule has 2 N–H and O–H groups in total. The zero-order valence-electron chi connectivity index (χ0n) is 10.2. The van der Waals surface area contributed by atoms with Crippen LogP contribution in [0.5, 0.6) is 0 Å². The number of nitrogens with two attached hydrogens (primary N) is 1. The number of nitrogens with zero attached hydrogens (tertiary/aromatic N) is 1. The van der Waals surface area contributed by atoms with Crippen LogP contribution in [-0.2, 0) is 25.8 Å². The molecule has 0 aliphatic heterocycles. The van der Waals surface area contributed by atoms with Crippen LogP contribution in [0.2, 0.25) is 0 Å². The molecule has 1 amide bonds. The molecule has 0 aromatic heterocycles. The van der Waals surface area contributed by atoms with E-state index in [0.717, 1.165) is 0 Å². The number of amides is 1. The van der Waals surface area contributed by atoms with Crippen molar-refractivity contribution in [1.82, 2.24) is 0 Å². The third-order valence-corrected chi connectivity index (χ3v) is 2.12. The van der Waals surface area contributed by atoms with E-state index >= 15 is 0 Å². The van der Waals surface area contributed by atoms with Gasteiger partial charge in [0.2, 0.25) is 0 Å². The number of primary amides is 1. The van der Waals surface area contributed by atoms with Gasteiger partial charge in [-0.2, -0.15) is 0 Å². The molecule has 0 unspecified atom stereocenters. The maximum Gasteiger partial charge on any atom is 0.302 e. The van der Waals surface area contributed by atoms with E-state index in [9.17, 15) is 9.59 Å². The molecule has 0 saturated carbocycles. The van der Waals surface area contributed by atoms with Gasteiger partial charge in [-0.05, 0) is 5.56 Å². The molecule has 0 atom stereocenters. The van der Waals surface area contributed by atoms with Gasteiger partial charge >= 0.3 is 5.97 Å². The van der Waals surface area contributed by atoms with Crippen molar-refractivity contribution in [3.05, 3.63) is 35.4 Å². The van der Waals surface area contributed by atoms with Crippen LogP contribution in [0.3, 0.4) is 0 Å². The van der Waals surface area contributed by atoms with Gasteiger partial charge in [-0.25, -0.2) is 0 Å². The van der Waals surface area contributed by atoms with Crippen molar-refractivity contribution in [2.24, 2.45) is 10.9 Å². The zero-order chi connectivity index (χ0) is 13.5. The minimum absolute atomic E-state index is 0.0137. The van der Waals surface area contributed by atoms with Crippen LogP contribution >= 0.6 is 0 Å². The standard InChI is InChI=1S/C12H14N2O4/c1-8(15)18-7-9-5-3-4-6-10(9)11(12(13)16)14-17-2/h3-6H,7H2,1-2H3,(H2,13,16)/b14-11-. The predicted octanol–water partition coefficient (Wildman–Crippen LogP) is 0.585. The highest BCUT2D eigenvalue weighted by Gasteiger charge is 2.15. The van der Waals surface area contributed by atoms with Crippen molar-refractivity contribution in [2.75, 3.05) is 7.11 Å². The number of rotatable bonds is 5. The Morgan fingerprint density at radius 2 is 2.00 bits per heavy atom. The molecular formula is C12H14N2O4. The number of hydrogen-bond donors (Lipinski definition) is 1. The van der Waals surface area contributed by atoms with E-state index in [0.29, 0.717) is 11.1 Å². The molecule has 0 saturated heterocycles. The van der Waals surface area contributed by atoms with Crippen molar-refractivity contribution in [3.63, 3.8) is 0 Å². The SMILES string of the molecule is CO/N=C(\C(N)=O)c1ccccc1COC(C)=O.